The highest BCUT2D eigenvalue weighted by atomic mass is 35.5. The molecule has 2 aromatic rings. The molecule has 0 spiro atoms. The highest BCUT2D eigenvalue weighted by Crippen LogP contribution is 2.21. The van der Waals surface area contributed by atoms with E-state index < -0.39 is 0 Å². The number of guanidine groups is 1. The average molecular weight is 531 g/mol. The number of thiocarbonyl (C=S) groups is 1. The smallest absolute Gasteiger partial charge is 0.229 e. The lowest BCUT2D eigenvalue weighted by Gasteiger charge is -2.37. The van der Waals surface area contributed by atoms with Crippen molar-refractivity contribution < 1.29 is 4.74 Å². The van der Waals surface area contributed by atoms with Crippen LogP contribution in [0.15, 0.2) is 35.3 Å². The van der Waals surface area contributed by atoms with Crippen LogP contribution in [0.1, 0.15) is 17.8 Å². The lowest BCUT2D eigenvalue weighted by Crippen LogP contribution is -2.51. The number of benzene rings is 1. The molecule has 0 bridgehead atoms. The van der Waals surface area contributed by atoms with Crippen molar-refractivity contribution in [1.82, 2.24) is 25.1 Å². The monoisotopic (exact) mass is 530 g/mol. The van der Waals surface area contributed by atoms with Crippen LogP contribution < -0.4 is 15.5 Å². The molecule has 1 aromatic carbocycles. The Hall–Kier alpha value is -2.53. The summed E-state index contributed by atoms with van der Waals surface area (Å²) in [5.41, 5.74) is 2.93. The fourth-order valence-electron chi connectivity index (χ4n) is 4.37. The van der Waals surface area contributed by atoms with Crippen LogP contribution in [0.2, 0.25) is 5.02 Å². The molecule has 0 aliphatic carbocycles. The zero-order valence-electron chi connectivity index (χ0n) is 21.0. The van der Waals surface area contributed by atoms with Gasteiger partial charge in [-0.3, -0.25) is 10.2 Å². The molecule has 0 saturated carbocycles. The molecule has 0 atom stereocenters. The Bertz CT molecular complexity index is 1030. The molecule has 1 aromatic heterocycles. The van der Waals surface area contributed by atoms with E-state index in [2.05, 4.69) is 41.4 Å². The highest BCUT2D eigenvalue weighted by molar-refractivity contribution is 7.80. The number of morpholine rings is 1. The molecule has 2 aliphatic rings. The summed E-state index contributed by atoms with van der Waals surface area (Å²) in [5.74, 6) is 1.19. The Balaban J connectivity index is 1.38. The summed E-state index contributed by atoms with van der Waals surface area (Å²) in [6.07, 6.45) is 0.997. The van der Waals surface area contributed by atoms with Gasteiger partial charge in [-0.25, -0.2) is 9.97 Å². The first-order valence-electron chi connectivity index (χ1n) is 12.5. The van der Waals surface area contributed by atoms with Crippen molar-refractivity contribution in [3.05, 3.63) is 46.7 Å². The van der Waals surface area contributed by atoms with Gasteiger partial charge in [0.1, 0.15) is 0 Å². The number of halogens is 1. The van der Waals surface area contributed by atoms with Gasteiger partial charge < -0.3 is 19.9 Å². The largest absolute Gasteiger partial charge is 0.379 e. The standard InChI is InChI=1S/C25H35ClN8OS/c1-19-17-20(2)29-23(28-19)30-24(31-25(36)27-7-4-8-32-13-15-35-16-14-32)34-11-9-33(10-12-34)22-6-3-5-21(26)18-22/h3,5-6,17-18H,4,7-16H2,1-2H3,(H2,27,28,29,30,31,36). The number of anilines is 2. The number of nitrogens with zero attached hydrogens (tertiary/aromatic N) is 6. The van der Waals surface area contributed by atoms with Gasteiger partial charge in [-0.1, -0.05) is 17.7 Å². The van der Waals surface area contributed by atoms with Crippen molar-refractivity contribution >= 4 is 46.5 Å². The van der Waals surface area contributed by atoms with Crippen LogP contribution in [-0.2, 0) is 4.74 Å². The topological polar surface area (TPSA) is 81.1 Å². The first kappa shape index (κ1) is 26.5. The Morgan fingerprint density at radius 1 is 1.06 bits per heavy atom. The number of aliphatic imine (C=N–C) groups is 1. The molecule has 2 aliphatic heterocycles. The Kier molecular flexibility index (Phi) is 9.68. The maximum atomic E-state index is 6.20. The molecule has 0 radical (unpaired) electrons. The number of aromatic nitrogens is 2. The second-order valence-corrected chi connectivity index (χ2v) is 9.85. The Morgan fingerprint density at radius 3 is 2.47 bits per heavy atom. The fourth-order valence-corrected chi connectivity index (χ4v) is 4.74. The number of rotatable bonds is 6. The predicted octanol–water partition coefficient (Wildman–Crippen LogP) is 2.93. The zero-order chi connectivity index (χ0) is 25.3. The van der Waals surface area contributed by atoms with E-state index in [-0.39, 0.29) is 0 Å². The molecule has 2 N–H and O–H groups in total. The van der Waals surface area contributed by atoms with Crippen molar-refractivity contribution in [2.75, 3.05) is 75.8 Å². The van der Waals surface area contributed by atoms with Crippen LogP contribution in [0.5, 0.6) is 0 Å². The lowest BCUT2D eigenvalue weighted by molar-refractivity contribution is 0.0376. The second-order valence-electron chi connectivity index (χ2n) is 9.03. The molecule has 0 amide bonds. The number of ether oxygens (including phenoxy) is 1. The van der Waals surface area contributed by atoms with Crippen molar-refractivity contribution in [3.63, 3.8) is 0 Å². The molecule has 9 nitrogen and oxygen atoms in total. The summed E-state index contributed by atoms with van der Waals surface area (Å²) >= 11 is 11.8. The molecule has 194 valence electrons. The molecule has 11 heteroatoms. The van der Waals surface area contributed by atoms with E-state index in [1.54, 1.807) is 0 Å². The average Bonchev–Trinajstić information content (AvgIpc) is 2.86. The summed E-state index contributed by atoms with van der Waals surface area (Å²) in [6.45, 7) is 12.6. The zero-order valence-corrected chi connectivity index (χ0v) is 22.6. The lowest BCUT2D eigenvalue weighted by atomic mass is 10.2. The van der Waals surface area contributed by atoms with Crippen LogP contribution in [0.25, 0.3) is 0 Å². The van der Waals surface area contributed by atoms with E-state index in [9.17, 15) is 0 Å². The van der Waals surface area contributed by atoms with Gasteiger partial charge in [-0.2, -0.15) is 4.99 Å². The number of hydrogen-bond donors (Lipinski definition) is 2. The molecular weight excluding hydrogens is 496 g/mol. The third kappa shape index (κ3) is 7.99. The molecule has 2 fully saturated rings. The molecule has 2 saturated heterocycles. The summed E-state index contributed by atoms with van der Waals surface area (Å²) in [4.78, 5) is 20.8. The van der Waals surface area contributed by atoms with Crippen molar-refractivity contribution in [3.8, 4) is 0 Å². The van der Waals surface area contributed by atoms with Crippen LogP contribution in [0, 0.1) is 13.8 Å². The van der Waals surface area contributed by atoms with Gasteiger partial charge in [0.2, 0.25) is 11.9 Å². The van der Waals surface area contributed by atoms with E-state index in [4.69, 9.17) is 33.5 Å². The van der Waals surface area contributed by atoms with E-state index in [0.717, 1.165) is 94.1 Å². The number of aryl methyl sites for hydroxylation is 2. The van der Waals surface area contributed by atoms with Gasteiger partial charge in [0.05, 0.1) is 13.2 Å². The number of nitrogens with one attached hydrogen (secondary N) is 2. The van der Waals surface area contributed by atoms with Gasteiger partial charge in [0.25, 0.3) is 0 Å². The van der Waals surface area contributed by atoms with Crippen molar-refractivity contribution in [2.45, 2.75) is 20.3 Å². The maximum Gasteiger partial charge on any atom is 0.229 e. The van der Waals surface area contributed by atoms with Crippen LogP contribution >= 0.6 is 23.8 Å². The maximum absolute atomic E-state index is 6.20. The third-order valence-electron chi connectivity index (χ3n) is 6.20. The summed E-state index contributed by atoms with van der Waals surface area (Å²) in [5, 5.41) is 7.83. The molecular formula is C25H35ClN8OS. The number of hydrogen-bond acceptors (Lipinski definition) is 6. The fraction of sp³-hybridized carbons (Fsp3) is 0.520. The van der Waals surface area contributed by atoms with Gasteiger partial charge in [0, 0.05) is 67.9 Å². The second kappa shape index (κ2) is 13.1. The summed E-state index contributed by atoms with van der Waals surface area (Å²) in [7, 11) is 0. The minimum absolute atomic E-state index is 0.459. The van der Waals surface area contributed by atoms with Gasteiger partial charge in [-0.05, 0) is 63.3 Å². The first-order valence-corrected chi connectivity index (χ1v) is 13.3. The van der Waals surface area contributed by atoms with Crippen LogP contribution in [0.3, 0.4) is 0 Å². The minimum Gasteiger partial charge on any atom is -0.379 e. The number of piperazine rings is 1. The quantitative estimate of drug-likeness (QED) is 0.253. The molecule has 4 rings (SSSR count). The Morgan fingerprint density at radius 2 is 1.78 bits per heavy atom. The van der Waals surface area contributed by atoms with E-state index in [0.29, 0.717) is 17.0 Å². The highest BCUT2D eigenvalue weighted by Gasteiger charge is 2.22. The van der Waals surface area contributed by atoms with Gasteiger partial charge in [0.15, 0.2) is 5.11 Å². The van der Waals surface area contributed by atoms with E-state index in [1.807, 2.05) is 38.1 Å². The van der Waals surface area contributed by atoms with Gasteiger partial charge in [-0.15, -0.1) is 0 Å². The normalized spacial score (nSPS) is 17.2. The Labute approximate surface area is 223 Å². The van der Waals surface area contributed by atoms with Crippen LogP contribution in [-0.4, -0.2) is 96.4 Å². The first-order chi connectivity index (χ1) is 17.5. The SMILES string of the molecule is Cc1cc(C)nc(N/C(=N/C(=S)NCCCN2CCOCC2)N2CCN(c3cccc(Cl)c3)CC2)n1. The minimum atomic E-state index is 0.459. The predicted molar refractivity (Wildman–Crippen MR) is 150 cm³/mol. The van der Waals surface area contributed by atoms with Crippen molar-refractivity contribution in [1.29, 1.82) is 0 Å². The third-order valence-corrected chi connectivity index (χ3v) is 6.67. The van der Waals surface area contributed by atoms with E-state index >= 15 is 0 Å². The summed E-state index contributed by atoms with van der Waals surface area (Å²) in [6, 6.07) is 9.93. The molecule has 36 heavy (non-hydrogen) atoms. The van der Waals surface area contributed by atoms with Crippen molar-refractivity contribution in [2.24, 2.45) is 4.99 Å². The molecule has 3 heterocycles. The molecule has 0 unspecified atom stereocenters. The summed E-state index contributed by atoms with van der Waals surface area (Å²) < 4.78 is 5.42. The van der Waals surface area contributed by atoms with Crippen LogP contribution in [0.4, 0.5) is 11.6 Å². The van der Waals surface area contributed by atoms with Gasteiger partial charge >= 0.3 is 0 Å². The van der Waals surface area contributed by atoms with E-state index in [1.165, 1.54) is 0 Å².